The first-order valence-corrected chi connectivity index (χ1v) is 17.5. The van der Waals surface area contributed by atoms with E-state index in [-0.39, 0.29) is 23.6 Å². The summed E-state index contributed by atoms with van der Waals surface area (Å²) >= 11 is 0. The largest absolute Gasteiger partial charge is 0.364 e. The maximum absolute atomic E-state index is 14.6. The van der Waals surface area contributed by atoms with Crippen LogP contribution in [0.3, 0.4) is 0 Å². The van der Waals surface area contributed by atoms with Crippen molar-refractivity contribution in [2.75, 3.05) is 10.6 Å². The molecule has 0 aromatic heterocycles. The van der Waals surface area contributed by atoms with Crippen LogP contribution in [0.25, 0.3) is 0 Å². The first kappa shape index (κ1) is 29.3. The van der Waals surface area contributed by atoms with Crippen LogP contribution in [0.2, 0.25) is 0 Å². The molecule has 6 aliphatic rings. The van der Waals surface area contributed by atoms with Gasteiger partial charge in [-0.2, -0.15) is 0 Å². The Balaban J connectivity index is 1.13. The highest BCUT2D eigenvalue weighted by molar-refractivity contribution is 6.01. The third-order valence-corrected chi connectivity index (χ3v) is 12.3. The van der Waals surface area contributed by atoms with E-state index in [4.69, 9.17) is 0 Å². The van der Waals surface area contributed by atoms with E-state index >= 15 is 0 Å². The molecule has 0 saturated carbocycles. The molecule has 6 unspecified atom stereocenters. The normalized spacial score (nSPS) is 32.9. The molecule has 10 heteroatoms. The highest BCUT2D eigenvalue weighted by Crippen LogP contribution is 2.68. The van der Waals surface area contributed by atoms with E-state index in [2.05, 4.69) is 33.4 Å². The van der Waals surface area contributed by atoms with Crippen molar-refractivity contribution < 1.29 is 19.2 Å². The zero-order valence-corrected chi connectivity index (χ0v) is 27.2. The summed E-state index contributed by atoms with van der Waals surface area (Å²) in [6.45, 7) is 0. The highest BCUT2D eigenvalue weighted by atomic mass is 16.2. The van der Waals surface area contributed by atoms with E-state index in [1.165, 1.54) is 0 Å². The van der Waals surface area contributed by atoms with Crippen LogP contribution in [0.4, 0.5) is 11.4 Å². The number of hydrogen-bond acceptors (Lipinski definition) is 6. The number of carbonyl (C=O) groups is 4. The first-order chi connectivity index (χ1) is 24.4. The van der Waals surface area contributed by atoms with Gasteiger partial charge >= 0.3 is 0 Å². The molecule has 4 aromatic rings. The monoisotopic (exact) mass is 664 g/mol. The number of anilines is 2. The summed E-state index contributed by atoms with van der Waals surface area (Å²) < 4.78 is 0. The molecule has 10 rings (SSSR count). The van der Waals surface area contributed by atoms with Crippen molar-refractivity contribution >= 4 is 35.0 Å². The Bertz CT molecular complexity index is 1940. The summed E-state index contributed by atoms with van der Waals surface area (Å²) in [5.74, 6) is -0.632. The van der Waals surface area contributed by atoms with Crippen molar-refractivity contribution in [2.45, 2.75) is 73.0 Å². The molecule has 4 aromatic carbocycles. The SMILES string of the molecule is O=C1NC(Cc2ccccc2)C(=O)N2C1C[C@]1([C@]34CC5C(=O)NC(Cc6ccccc6)C(=O)N5C3Nc3ccccc34)c3ccccc3NC21. The molecule has 8 atom stereocenters. The van der Waals surface area contributed by atoms with Crippen LogP contribution < -0.4 is 21.3 Å². The first-order valence-electron chi connectivity index (χ1n) is 17.5. The lowest BCUT2D eigenvalue weighted by Crippen LogP contribution is -2.67. The van der Waals surface area contributed by atoms with E-state index < -0.39 is 47.3 Å². The number of benzene rings is 4. The van der Waals surface area contributed by atoms with Gasteiger partial charge in [0.25, 0.3) is 0 Å². The third kappa shape index (κ3) is 3.73. The summed E-state index contributed by atoms with van der Waals surface area (Å²) in [6.07, 6.45) is 0.273. The fourth-order valence-corrected chi connectivity index (χ4v) is 10.4. The molecule has 0 aliphatic carbocycles. The number of amides is 4. The van der Waals surface area contributed by atoms with Gasteiger partial charge in [0.2, 0.25) is 23.6 Å². The molecule has 4 fully saturated rings. The number of nitrogens with one attached hydrogen (secondary N) is 4. The van der Waals surface area contributed by atoms with Crippen molar-refractivity contribution in [1.29, 1.82) is 0 Å². The van der Waals surface area contributed by atoms with Gasteiger partial charge in [-0.3, -0.25) is 19.2 Å². The Kier molecular flexibility index (Phi) is 6.11. The van der Waals surface area contributed by atoms with Gasteiger partial charge < -0.3 is 31.1 Å². The van der Waals surface area contributed by atoms with Gasteiger partial charge in [0.1, 0.15) is 36.5 Å². The molecule has 50 heavy (non-hydrogen) atoms. The Morgan fingerprint density at radius 3 is 1.30 bits per heavy atom. The topological polar surface area (TPSA) is 123 Å². The van der Waals surface area contributed by atoms with Crippen LogP contribution in [-0.2, 0) is 42.8 Å². The molecule has 0 bridgehead atoms. The van der Waals surface area contributed by atoms with Crippen LogP contribution in [0.15, 0.2) is 109 Å². The number of carbonyl (C=O) groups excluding carboxylic acids is 4. The quantitative estimate of drug-likeness (QED) is 0.260. The fraction of sp³-hybridized carbons (Fsp3) is 0.300. The maximum atomic E-state index is 14.6. The van der Waals surface area contributed by atoms with Crippen LogP contribution in [0.5, 0.6) is 0 Å². The van der Waals surface area contributed by atoms with Gasteiger partial charge in [0.15, 0.2) is 0 Å². The molecule has 6 heterocycles. The zero-order valence-electron chi connectivity index (χ0n) is 27.2. The fourth-order valence-electron chi connectivity index (χ4n) is 10.4. The van der Waals surface area contributed by atoms with Crippen molar-refractivity contribution in [2.24, 2.45) is 0 Å². The van der Waals surface area contributed by atoms with Crippen LogP contribution >= 0.6 is 0 Å². The summed E-state index contributed by atoms with van der Waals surface area (Å²) in [4.78, 5) is 61.2. The predicted octanol–water partition coefficient (Wildman–Crippen LogP) is 3.05. The molecule has 0 spiro atoms. The van der Waals surface area contributed by atoms with E-state index in [0.29, 0.717) is 25.7 Å². The van der Waals surface area contributed by atoms with Gasteiger partial charge in [0, 0.05) is 24.2 Å². The summed E-state index contributed by atoms with van der Waals surface area (Å²) in [7, 11) is 0. The molecule has 4 N–H and O–H groups in total. The van der Waals surface area contributed by atoms with Crippen LogP contribution in [0.1, 0.15) is 35.1 Å². The molecule has 0 radical (unpaired) electrons. The average molecular weight is 665 g/mol. The number of para-hydroxylation sites is 2. The predicted molar refractivity (Wildman–Crippen MR) is 186 cm³/mol. The second-order valence-corrected chi connectivity index (χ2v) is 14.6. The molecular formula is C40H36N6O4. The summed E-state index contributed by atoms with van der Waals surface area (Å²) in [6, 6.07) is 32.8. The van der Waals surface area contributed by atoms with Crippen molar-refractivity contribution in [3.8, 4) is 0 Å². The average Bonchev–Trinajstić information content (AvgIpc) is 3.85. The van der Waals surface area contributed by atoms with Crippen LogP contribution in [-0.4, -0.2) is 69.9 Å². The van der Waals surface area contributed by atoms with Gasteiger partial charge in [-0.1, -0.05) is 97.1 Å². The van der Waals surface area contributed by atoms with Crippen molar-refractivity contribution in [3.63, 3.8) is 0 Å². The second-order valence-electron chi connectivity index (χ2n) is 14.6. The highest BCUT2D eigenvalue weighted by Gasteiger charge is 2.78. The summed E-state index contributed by atoms with van der Waals surface area (Å²) in [5, 5.41) is 13.6. The minimum Gasteiger partial charge on any atom is -0.364 e. The molecular weight excluding hydrogens is 628 g/mol. The van der Waals surface area contributed by atoms with E-state index in [9.17, 15) is 19.2 Å². The smallest absolute Gasteiger partial charge is 0.247 e. The Morgan fingerprint density at radius 1 is 0.500 bits per heavy atom. The standard InChI is InChI=1S/C40H36N6O4/c47-33-31-21-39(25-15-7-9-17-27(25)43-37(39)45(31)35(49)29(41-33)19-23-11-3-1-4-12-23)40-22-32-34(48)42-30(20-24-13-5-2-6-14-24)36(50)46(32)38(40)44-28-18-10-8-16-26(28)40/h1-18,29-32,37-38,43-44H,19-22H2,(H,41,47)(H,42,48)/t29?,30?,31?,32?,37?,38?,39-,40-/m0/s1. The zero-order chi connectivity index (χ0) is 33.8. The lowest BCUT2D eigenvalue weighted by atomic mass is 9.54. The minimum absolute atomic E-state index is 0.134. The Morgan fingerprint density at radius 2 is 0.880 bits per heavy atom. The Hall–Kier alpha value is -5.64. The van der Waals surface area contributed by atoms with Gasteiger partial charge in [-0.05, 0) is 47.2 Å². The Labute approximate surface area is 289 Å². The number of nitrogens with zero attached hydrogens (tertiary/aromatic N) is 2. The third-order valence-electron chi connectivity index (χ3n) is 12.3. The van der Waals surface area contributed by atoms with Gasteiger partial charge in [-0.25, -0.2) is 0 Å². The number of fused-ring (bicyclic) bond motifs is 11. The molecule has 4 saturated heterocycles. The van der Waals surface area contributed by atoms with E-state index in [1.807, 2.05) is 97.1 Å². The lowest BCUT2D eigenvalue weighted by molar-refractivity contribution is -0.149. The minimum atomic E-state index is -0.861. The van der Waals surface area contributed by atoms with Gasteiger partial charge in [-0.15, -0.1) is 0 Å². The van der Waals surface area contributed by atoms with Crippen LogP contribution in [0, 0.1) is 0 Å². The van der Waals surface area contributed by atoms with Crippen molar-refractivity contribution in [1.82, 2.24) is 20.4 Å². The number of hydrogen-bond donors (Lipinski definition) is 4. The van der Waals surface area contributed by atoms with Crippen molar-refractivity contribution in [3.05, 3.63) is 131 Å². The van der Waals surface area contributed by atoms with E-state index in [0.717, 1.165) is 33.6 Å². The van der Waals surface area contributed by atoms with E-state index in [1.54, 1.807) is 9.80 Å². The maximum Gasteiger partial charge on any atom is 0.247 e. The molecule has 6 aliphatic heterocycles. The number of rotatable bonds is 5. The van der Waals surface area contributed by atoms with Gasteiger partial charge in [0.05, 0.1) is 10.8 Å². The second kappa shape index (κ2) is 10.4. The summed E-state index contributed by atoms with van der Waals surface area (Å²) in [5.41, 5.74) is 4.00. The lowest BCUT2D eigenvalue weighted by Gasteiger charge is -2.48. The molecule has 10 nitrogen and oxygen atoms in total. The number of piperazine rings is 2. The molecule has 4 amide bonds. The molecule has 250 valence electrons.